The molecule has 0 aliphatic carbocycles. The smallest absolute Gasteiger partial charge is 0.291 e. The van der Waals surface area contributed by atoms with E-state index in [0.717, 1.165) is 18.4 Å². The highest BCUT2D eigenvalue weighted by Crippen LogP contribution is 2.39. The SMILES string of the molecule is COc1cccc([C@H]2c3c(oc4ccccc4c3=O)C(=O)N2C[C@H]2CCCO2)c1. The van der Waals surface area contributed by atoms with Crippen molar-refractivity contribution in [3.8, 4) is 5.75 Å². The molecule has 0 spiro atoms. The molecular weight excluding hydrogens is 370 g/mol. The maximum atomic E-state index is 13.4. The van der Waals surface area contributed by atoms with E-state index in [-0.39, 0.29) is 23.2 Å². The molecule has 0 bridgehead atoms. The molecule has 2 atom stereocenters. The van der Waals surface area contributed by atoms with Gasteiger partial charge < -0.3 is 18.8 Å². The summed E-state index contributed by atoms with van der Waals surface area (Å²) in [6.07, 6.45) is 1.84. The van der Waals surface area contributed by atoms with Crippen LogP contribution in [0.15, 0.2) is 57.7 Å². The lowest BCUT2D eigenvalue weighted by Crippen LogP contribution is -2.36. The molecule has 5 rings (SSSR count). The van der Waals surface area contributed by atoms with Crippen LogP contribution in [0.3, 0.4) is 0 Å². The number of methoxy groups -OCH3 is 1. The molecule has 1 amide bonds. The molecule has 1 aromatic heterocycles. The number of hydrogen-bond donors (Lipinski definition) is 0. The second-order valence-electron chi connectivity index (χ2n) is 7.44. The first-order valence-electron chi connectivity index (χ1n) is 9.79. The van der Waals surface area contributed by atoms with Gasteiger partial charge in [0, 0.05) is 13.2 Å². The quantitative estimate of drug-likeness (QED) is 0.681. The first kappa shape index (κ1) is 17.9. The van der Waals surface area contributed by atoms with E-state index in [0.29, 0.717) is 35.4 Å². The van der Waals surface area contributed by atoms with E-state index < -0.39 is 6.04 Å². The fourth-order valence-electron chi connectivity index (χ4n) is 4.32. The van der Waals surface area contributed by atoms with E-state index in [9.17, 15) is 9.59 Å². The van der Waals surface area contributed by atoms with Crippen LogP contribution in [-0.2, 0) is 4.74 Å². The molecule has 0 saturated carbocycles. The van der Waals surface area contributed by atoms with Crippen LogP contribution in [0.4, 0.5) is 0 Å². The topological polar surface area (TPSA) is 69.0 Å². The van der Waals surface area contributed by atoms with Crippen molar-refractivity contribution in [3.05, 3.63) is 75.6 Å². The van der Waals surface area contributed by atoms with Gasteiger partial charge >= 0.3 is 0 Å². The number of amides is 1. The molecule has 6 heteroatoms. The molecule has 0 N–H and O–H groups in total. The summed E-state index contributed by atoms with van der Waals surface area (Å²) >= 11 is 0. The second kappa shape index (κ2) is 7.04. The number of fused-ring (bicyclic) bond motifs is 2. The van der Waals surface area contributed by atoms with E-state index in [1.165, 1.54) is 0 Å². The van der Waals surface area contributed by atoms with E-state index in [2.05, 4.69) is 0 Å². The van der Waals surface area contributed by atoms with Crippen molar-refractivity contribution in [3.63, 3.8) is 0 Å². The maximum absolute atomic E-state index is 13.4. The van der Waals surface area contributed by atoms with Crippen LogP contribution in [0.25, 0.3) is 11.0 Å². The van der Waals surface area contributed by atoms with Crippen molar-refractivity contribution in [1.82, 2.24) is 4.90 Å². The molecule has 2 aliphatic heterocycles. The van der Waals surface area contributed by atoms with Crippen LogP contribution in [0.1, 0.15) is 40.6 Å². The summed E-state index contributed by atoms with van der Waals surface area (Å²) in [6, 6.07) is 14.0. The van der Waals surface area contributed by atoms with E-state index >= 15 is 0 Å². The molecule has 3 aromatic rings. The highest BCUT2D eigenvalue weighted by molar-refractivity contribution is 5.99. The lowest BCUT2D eigenvalue weighted by Gasteiger charge is -2.27. The van der Waals surface area contributed by atoms with E-state index in [1.807, 2.05) is 24.3 Å². The zero-order chi connectivity index (χ0) is 20.0. The number of carbonyl (C=O) groups excluding carboxylic acids is 1. The number of ether oxygens (including phenoxy) is 2. The summed E-state index contributed by atoms with van der Waals surface area (Å²) in [5.74, 6) is 0.524. The minimum absolute atomic E-state index is 0.0362. The van der Waals surface area contributed by atoms with Crippen molar-refractivity contribution in [2.75, 3.05) is 20.3 Å². The Morgan fingerprint density at radius 2 is 2.00 bits per heavy atom. The van der Waals surface area contributed by atoms with Gasteiger partial charge in [0.1, 0.15) is 11.3 Å². The lowest BCUT2D eigenvalue weighted by molar-refractivity contribution is 0.0486. The third kappa shape index (κ3) is 2.91. The largest absolute Gasteiger partial charge is 0.497 e. The molecule has 0 unspecified atom stereocenters. The van der Waals surface area contributed by atoms with Gasteiger partial charge in [-0.1, -0.05) is 24.3 Å². The minimum atomic E-state index is -0.530. The minimum Gasteiger partial charge on any atom is -0.497 e. The second-order valence-corrected chi connectivity index (χ2v) is 7.44. The number of hydrogen-bond acceptors (Lipinski definition) is 5. The summed E-state index contributed by atoms with van der Waals surface area (Å²) < 4.78 is 17.1. The highest BCUT2D eigenvalue weighted by atomic mass is 16.5. The molecule has 29 heavy (non-hydrogen) atoms. The van der Waals surface area contributed by atoms with Gasteiger partial charge in [-0.2, -0.15) is 0 Å². The van der Waals surface area contributed by atoms with Gasteiger partial charge in [0.25, 0.3) is 5.91 Å². The van der Waals surface area contributed by atoms with Crippen LogP contribution in [-0.4, -0.2) is 37.2 Å². The number of rotatable bonds is 4. The monoisotopic (exact) mass is 391 g/mol. The zero-order valence-corrected chi connectivity index (χ0v) is 16.1. The summed E-state index contributed by atoms with van der Waals surface area (Å²) in [5, 5.41) is 0.478. The Balaban J connectivity index is 1.70. The Bertz CT molecular complexity index is 1150. The average Bonchev–Trinajstić information content (AvgIpc) is 3.36. The van der Waals surface area contributed by atoms with Gasteiger partial charge in [0.15, 0.2) is 5.43 Å². The van der Waals surface area contributed by atoms with Crippen molar-refractivity contribution in [2.24, 2.45) is 0 Å². The number of carbonyl (C=O) groups is 1. The third-order valence-electron chi connectivity index (χ3n) is 5.71. The normalized spacial score (nSPS) is 21.0. The van der Waals surface area contributed by atoms with Gasteiger partial charge in [-0.3, -0.25) is 9.59 Å². The number of benzene rings is 2. The summed E-state index contributed by atoms with van der Waals surface area (Å²) in [7, 11) is 1.60. The third-order valence-corrected chi connectivity index (χ3v) is 5.71. The molecule has 3 heterocycles. The Morgan fingerprint density at radius 3 is 2.79 bits per heavy atom. The van der Waals surface area contributed by atoms with Crippen molar-refractivity contribution in [2.45, 2.75) is 25.0 Å². The first-order chi connectivity index (χ1) is 14.2. The summed E-state index contributed by atoms with van der Waals surface area (Å²) in [5.41, 5.74) is 1.46. The van der Waals surface area contributed by atoms with Gasteiger partial charge in [-0.05, 0) is 42.7 Å². The standard InChI is InChI=1S/C23H21NO5/c1-27-15-7-4-6-14(12-15)20-19-21(25)17-9-2-3-10-18(17)29-22(19)23(26)24(20)13-16-8-5-11-28-16/h2-4,6-7,9-10,12,16,20H,5,8,11,13H2,1H3/t16-,20+/m1/s1. The van der Waals surface area contributed by atoms with Gasteiger partial charge in [-0.15, -0.1) is 0 Å². The Kier molecular flexibility index (Phi) is 4.36. The zero-order valence-electron chi connectivity index (χ0n) is 16.1. The molecule has 0 radical (unpaired) electrons. The highest BCUT2D eigenvalue weighted by Gasteiger charge is 2.43. The van der Waals surface area contributed by atoms with Crippen LogP contribution < -0.4 is 10.2 Å². The molecule has 2 aromatic carbocycles. The molecule has 1 saturated heterocycles. The van der Waals surface area contributed by atoms with Gasteiger partial charge in [0.2, 0.25) is 5.76 Å². The van der Waals surface area contributed by atoms with Crippen LogP contribution in [0.5, 0.6) is 5.75 Å². The number of nitrogens with zero attached hydrogens (tertiary/aromatic N) is 1. The molecular formula is C23H21NO5. The fourth-order valence-corrected chi connectivity index (χ4v) is 4.32. The molecule has 2 aliphatic rings. The summed E-state index contributed by atoms with van der Waals surface area (Å²) in [6.45, 7) is 1.12. The van der Waals surface area contributed by atoms with E-state index in [1.54, 1.807) is 36.3 Å². The first-order valence-corrected chi connectivity index (χ1v) is 9.79. The van der Waals surface area contributed by atoms with Crippen molar-refractivity contribution < 1.29 is 18.7 Å². The Morgan fingerprint density at radius 1 is 1.14 bits per heavy atom. The van der Waals surface area contributed by atoms with Crippen LogP contribution in [0.2, 0.25) is 0 Å². The molecule has 148 valence electrons. The van der Waals surface area contributed by atoms with E-state index in [4.69, 9.17) is 13.9 Å². The molecule has 6 nitrogen and oxygen atoms in total. The fraction of sp³-hybridized carbons (Fsp3) is 0.304. The Hall–Kier alpha value is -3.12. The van der Waals surface area contributed by atoms with Crippen LogP contribution >= 0.6 is 0 Å². The van der Waals surface area contributed by atoms with Crippen molar-refractivity contribution in [1.29, 1.82) is 0 Å². The van der Waals surface area contributed by atoms with Gasteiger partial charge in [0.05, 0.1) is 30.2 Å². The number of para-hydroxylation sites is 1. The Labute approximate surface area is 167 Å². The molecule has 1 fully saturated rings. The van der Waals surface area contributed by atoms with Gasteiger partial charge in [-0.25, -0.2) is 0 Å². The predicted molar refractivity (Wildman–Crippen MR) is 107 cm³/mol. The predicted octanol–water partition coefficient (Wildman–Crippen LogP) is 3.53. The average molecular weight is 391 g/mol. The summed E-state index contributed by atoms with van der Waals surface area (Å²) in [4.78, 5) is 28.4. The lowest BCUT2D eigenvalue weighted by atomic mass is 9.98. The van der Waals surface area contributed by atoms with Crippen LogP contribution in [0, 0.1) is 0 Å². The maximum Gasteiger partial charge on any atom is 0.291 e. The van der Waals surface area contributed by atoms with Crippen molar-refractivity contribution >= 4 is 16.9 Å².